The quantitative estimate of drug-likeness (QED) is 0.810. The Morgan fingerprint density at radius 1 is 1.40 bits per heavy atom. The zero-order chi connectivity index (χ0) is 11.4. The van der Waals surface area contributed by atoms with Gasteiger partial charge < -0.3 is 10.2 Å². The summed E-state index contributed by atoms with van der Waals surface area (Å²) in [5.74, 6) is -3.68. The maximum absolute atomic E-state index is 12.8. The number of aliphatic carboxylic acids is 1. The van der Waals surface area contributed by atoms with E-state index < -0.39 is 23.4 Å². The smallest absolute Gasteiger partial charge is 0.307 e. The van der Waals surface area contributed by atoms with Gasteiger partial charge in [0.25, 0.3) is 0 Å². The topological polar surface area (TPSA) is 57.5 Å². The van der Waals surface area contributed by atoms with Crippen LogP contribution in [0.5, 0.6) is 5.75 Å². The molecule has 15 heavy (non-hydrogen) atoms. The van der Waals surface area contributed by atoms with Crippen LogP contribution in [-0.2, 0) is 4.79 Å². The Hall–Kier alpha value is -1.91. The number of benzene rings is 1. The van der Waals surface area contributed by atoms with Crippen molar-refractivity contribution in [2.24, 2.45) is 0 Å². The standard InChI is InChI=1S/C10H8F2O3/c11-7-4-6(2-1-3-9(13)14)10(15)8(12)5-7/h1-2,4-5,15H,3H2,(H,13,14). The highest BCUT2D eigenvalue weighted by Crippen LogP contribution is 2.23. The van der Waals surface area contributed by atoms with E-state index in [1.165, 1.54) is 6.08 Å². The zero-order valence-corrected chi connectivity index (χ0v) is 7.58. The molecule has 0 spiro atoms. The van der Waals surface area contributed by atoms with Crippen LogP contribution in [0.4, 0.5) is 8.78 Å². The Kier molecular flexibility index (Phi) is 3.38. The van der Waals surface area contributed by atoms with Gasteiger partial charge in [-0.15, -0.1) is 0 Å². The van der Waals surface area contributed by atoms with Crippen molar-refractivity contribution in [2.75, 3.05) is 0 Å². The summed E-state index contributed by atoms with van der Waals surface area (Å²) in [6, 6.07) is 1.46. The third-order valence-corrected chi connectivity index (χ3v) is 1.65. The highest BCUT2D eigenvalue weighted by molar-refractivity contribution is 5.71. The number of rotatable bonds is 3. The first kappa shape index (κ1) is 11.2. The Labute approximate surface area is 84.3 Å². The van der Waals surface area contributed by atoms with Crippen molar-refractivity contribution in [2.45, 2.75) is 6.42 Å². The second kappa shape index (κ2) is 4.54. The molecule has 2 N–H and O–H groups in total. The summed E-state index contributed by atoms with van der Waals surface area (Å²) in [4.78, 5) is 10.1. The van der Waals surface area contributed by atoms with Crippen LogP contribution < -0.4 is 0 Å². The van der Waals surface area contributed by atoms with Crippen LogP contribution in [0.15, 0.2) is 18.2 Å². The molecule has 1 aromatic rings. The van der Waals surface area contributed by atoms with E-state index >= 15 is 0 Å². The van der Waals surface area contributed by atoms with Gasteiger partial charge >= 0.3 is 5.97 Å². The Bertz CT molecular complexity index is 413. The Balaban J connectivity index is 2.94. The van der Waals surface area contributed by atoms with Gasteiger partial charge in [0.1, 0.15) is 5.82 Å². The number of hydrogen-bond donors (Lipinski definition) is 2. The lowest BCUT2D eigenvalue weighted by Crippen LogP contribution is -1.90. The molecule has 0 amide bonds. The number of carboxylic acid groups (broad SMARTS) is 1. The maximum Gasteiger partial charge on any atom is 0.307 e. The normalized spacial score (nSPS) is 10.8. The molecule has 0 saturated heterocycles. The number of hydrogen-bond acceptors (Lipinski definition) is 2. The number of halogens is 2. The summed E-state index contributed by atoms with van der Waals surface area (Å²) in [6.07, 6.45) is 2.06. The SMILES string of the molecule is O=C(O)CC=Cc1cc(F)cc(F)c1O. The van der Waals surface area contributed by atoms with Crippen molar-refractivity contribution in [3.63, 3.8) is 0 Å². The molecule has 5 heteroatoms. The maximum atomic E-state index is 12.8. The van der Waals surface area contributed by atoms with Crippen LogP contribution in [0.2, 0.25) is 0 Å². The predicted molar refractivity (Wildman–Crippen MR) is 49.3 cm³/mol. The summed E-state index contributed by atoms with van der Waals surface area (Å²) >= 11 is 0. The average Bonchev–Trinajstić information content (AvgIpc) is 2.12. The van der Waals surface area contributed by atoms with E-state index in [1.807, 2.05) is 0 Å². The van der Waals surface area contributed by atoms with Crippen LogP contribution in [0, 0.1) is 11.6 Å². The van der Waals surface area contributed by atoms with E-state index in [9.17, 15) is 13.6 Å². The van der Waals surface area contributed by atoms with Gasteiger partial charge in [-0.25, -0.2) is 8.78 Å². The molecule has 0 bridgehead atoms. The van der Waals surface area contributed by atoms with Crippen LogP contribution in [-0.4, -0.2) is 16.2 Å². The highest BCUT2D eigenvalue weighted by atomic mass is 19.1. The third-order valence-electron chi connectivity index (χ3n) is 1.65. The molecule has 80 valence electrons. The fourth-order valence-electron chi connectivity index (χ4n) is 1.000. The van der Waals surface area contributed by atoms with Gasteiger partial charge in [-0.2, -0.15) is 0 Å². The first-order valence-electron chi connectivity index (χ1n) is 4.07. The minimum Gasteiger partial charge on any atom is -0.504 e. The van der Waals surface area contributed by atoms with Gasteiger partial charge in [-0.05, 0) is 6.07 Å². The van der Waals surface area contributed by atoms with Gasteiger partial charge in [0.2, 0.25) is 0 Å². The second-order valence-corrected chi connectivity index (χ2v) is 2.83. The second-order valence-electron chi connectivity index (χ2n) is 2.83. The number of carboxylic acids is 1. The molecule has 0 aliphatic heterocycles. The van der Waals surface area contributed by atoms with E-state index in [0.717, 1.165) is 12.1 Å². The Morgan fingerprint density at radius 3 is 2.67 bits per heavy atom. The Morgan fingerprint density at radius 2 is 2.07 bits per heavy atom. The number of phenolic OH excluding ortho intramolecular Hbond substituents is 1. The molecule has 0 aliphatic carbocycles. The fourth-order valence-corrected chi connectivity index (χ4v) is 1.000. The molecule has 0 radical (unpaired) electrons. The minimum atomic E-state index is -1.08. The molecule has 0 heterocycles. The van der Waals surface area contributed by atoms with Crippen LogP contribution >= 0.6 is 0 Å². The molecule has 3 nitrogen and oxygen atoms in total. The largest absolute Gasteiger partial charge is 0.504 e. The molecular weight excluding hydrogens is 206 g/mol. The lowest BCUT2D eigenvalue weighted by atomic mass is 10.1. The van der Waals surface area contributed by atoms with E-state index in [2.05, 4.69) is 0 Å². The van der Waals surface area contributed by atoms with Crippen molar-refractivity contribution in [3.8, 4) is 5.75 Å². The molecule has 1 rings (SSSR count). The minimum absolute atomic E-state index is 0.0891. The van der Waals surface area contributed by atoms with Gasteiger partial charge in [0.05, 0.1) is 6.42 Å². The molecule has 1 aromatic carbocycles. The summed E-state index contributed by atoms with van der Waals surface area (Å²) < 4.78 is 25.5. The third kappa shape index (κ3) is 3.05. The van der Waals surface area contributed by atoms with E-state index in [0.29, 0.717) is 6.07 Å². The number of phenols is 1. The molecule has 0 atom stereocenters. The number of carbonyl (C=O) groups is 1. The lowest BCUT2D eigenvalue weighted by Gasteiger charge is -2.00. The van der Waals surface area contributed by atoms with Gasteiger partial charge in [0, 0.05) is 11.6 Å². The van der Waals surface area contributed by atoms with Gasteiger partial charge in [-0.3, -0.25) is 4.79 Å². The van der Waals surface area contributed by atoms with E-state index in [1.54, 1.807) is 0 Å². The zero-order valence-electron chi connectivity index (χ0n) is 7.58. The number of aromatic hydroxyl groups is 1. The molecule has 0 unspecified atom stereocenters. The summed E-state index contributed by atoms with van der Waals surface area (Å²) in [5.41, 5.74) is -0.0891. The van der Waals surface area contributed by atoms with Gasteiger partial charge in [0.15, 0.2) is 11.6 Å². The first-order chi connectivity index (χ1) is 7.00. The fraction of sp³-hybridized carbons (Fsp3) is 0.100. The molecule has 0 saturated carbocycles. The molecular formula is C10H8F2O3. The van der Waals surface area contributed by atoms with Crippen LogP contribution in [0.25, 0.3) is 6.08 Å². The predicted octanol–water partition coefficient (Wildman–Crippen LogP) is 2.16. The summed E-state index contributed by atoms with van der Waals surface area (Å²) in [5, 5.41) is 17.5. The van der Waals surface area contributed by atoms with Crippen molar-refractivity contribution >= 4 is 12.0 Å². The molecule has 0 fully saturated rings. The lowest BCUT2D eigenvalue weighted by molar-refractivity contribution is -0.135. The van der Waals surface area contributed by atoms with Crippen molar-refractivity contribution in [3.05, 3.63) is 35.4 Å². The summed E-state index contributed by atoms with van der Waals surface area (Å²) in [7, 11) is 0. The van der Waals surface area contributed by atoms with E-state index in [-0.39, 0.29) is 12.0 Å². The van der Waals surface area contributed by atoms with Crippen molar-refractivity contribution in [1.82, 2.24) is 0 Å². The van der Waals surface area contributed by atoms with Crippen LogP contribution in [0.1, 0.15) is 12.0 Å². The van der Waals surface area contributed by atoms with Crippen LogP contribution in [0.3, 0.4) is 0 Å². The van der Waals surface area contributed by atoms with Crippen molar-refractivity contribution in [1.29, 1.82) is 0 Å². The molecule has 0 aromatic heterocycles. The molecule has 0 aliphatic rings. The van der Waals surface area contributed by atoms with E-state index in [4.69, 9.17) is 10.2 Å². The monoisotopic (exact) mass is 214 g/mol. The van der Waals surface area contributed by atoms with Crippen molar-refractivity contribution < 1.29 is 23.8 Å². The first-order valence-corrected chi connectivity index (χ1v) is 4.07. The van der Waals surface area contributed by atoms with Gasteiger partial charge in [-0.1, -0.05) is 12.2 Å². The average molecular weight is 214 g/mol. The summed E-state index contributed by atoms with van der Waals surface area (Å²) in [6.45, 7) is 0. The highest BCUT2D eigenvalue weighted by Gasteiger charge is 2.07.